The fourth-order valence-electron chi connectivity index (χ4n) is 4.28. The zero-order chi connectivity index (χ0) is 25.4. The summed E-state index contributed by atoms with van der Waals surface area (Å²) in [6.45, 7) is 8.72. The van der Waals surface area contributed by atoms with Gasteiger partial charge in [-0.3, -0.25) is 4.40 Å². The third-order valence-corrected chi connectivity index (χ3v) is 6.67. The first-order chi connectivity index (χ1) is 17.2. The van der Waals surface area contributed by atoms with Crippen molar-refractivity contribution in [3.05, 3.63) is 47.9 Å². The van der Waals surface area contributed by atoms with Crippen LogP contribution in [-0.2, 0) is 4.74 Å². The maximum absolute atomic E-state index is 12.8. The molecule has 5 heterocycles. The van der Waals surface area contributed by atoms with Crippen LogP contribution in [0, 0.1) is 18.3 Å². The molecule has 5 rings (SSSR count). The van der Waals surface area contributed by atoms with Gasteiger partial charge in [0.05, 0.1) is 23.3 Å². The van der Waals surface area contributed by atoms with E-state index in [2.05, 4.69) is 14.7 Å². The summed E-state index contributed by atoms with van der Waals surface area (Å²) in [7, 11) is 0. The smallest absolute Gasteiger partial charge is 0.410 e. The van der Waals surface area contributed by atoms with E-state index in [0.29, 0.717) is 24.6 Å². The number of amides is 1. The van der Waals surface area contributed by atoms with E-state index < -0.39 is 5.60 Å². The highest BCUT2D eigenvalue weighted by Gasteiger charge is 2.30. The molecule has 4 aromatic heterocycles. The van der Waals surface area contributed by atoms with Gasteiger partial charge in [0.2, 0.25) is 5.76 Å². The molecular weight excluding hydrogens is 478 g/mol. The fraction of sp³-hybridized carbons (Fsp3) is 0.400. The number of nitriles is 1. The van der Waals surface area contributed by atoms with Gasteiger partial charge in [0, 0.05) is 36.8 Å². The van der Waals surface area contributed by atoms with E-state index in [1.54, 1.807) is 23.4 Å². The first kappa shape index (κ1) is 23.8. The number of furan rings is 1. The number of fused-ring (bicyclic) bond motifs is 1. The van der Waals surface area contributed by atoms with Crippen LogP contribution in [0.5, 0.6) is 0 Å². The van der Waals surface area contributed by atoms with Crippen LogP contribution < -0.4 is 5.32 Å². The molecule has 1 fully saturated rings. The Morgan fingerprint density at radius 3 is 2.89 bits per heavy atom. The molecule has 1 atom stereocenters. The summed E-state index contributed by atoms with van der Waals surface area (Å²) < 4.78 is 17.3. The number of anilines is 2. The fourth-order valence-corrected chi connectivity index (χ4v) is 4.94. The molecule has 0 aromatic carbocycles. The Bertz CT molecular complexity index is 1460. The lowest BCUT2D eigenvalue weighted by molar-refractivity contribution is 0.0197. The van der Waals surface area contributed by atoms with Gasteiger partial charge in [-0.05, 0) is 58.1 Å². The number of likely N-dealkylation sites (tertiary alicyclic amines) is 1. The van der Waals surface area contributed by atoms with Crippen LogP contribution >= 0.6 is 11.5 Å². The molecule has 186 valence electrons. The molecule has 0 radical (unpaired) electrons. The third kappa shape index (κ3) is 4.90. The van der Waals surface area contributed by atoms with E-state index in [1.807, 2.05) is 50.4 Å². The number of aromatic nitrogens is 4. The minimum absolute atomic E-state index is 0.0219. The van der Waals surface area contributed by atoms with Crippen LogP contribution in [0.4, 0.5) is 15.6 Å². The zero-order valence-corrected chi connectivity index (χ0v) is 21.4. The van der Waals surface area contributed by atoms with Gasteiger partial charge in [0.1, 0.15) is 22.9 Å². The average Bonchev–Trinajstić information content (AvgIpc) is 3.57. The molecule has 10 nitrogen and oxygen atoms in total. The lowest BCUT2D eigenvalue weighted by Gasteiger charge is -2.34. The van der Waals surface area contributed by atoms with Crippen LogP contribution in [0.3, 0.4) is 0 Å². The van der Waals surface area contributed by atoms with E-state index in [0.717, 1.165) is 40.5 Å². The number of imidazole rings is 1. The second-order valence-electron chi connectivity index (χ2n) is 9.89. The number of ether oxygens (including phenoxy) is 1. The number of rotatable bonds is 4. The molecule has 0 spiro atoms. The van der Waals surface area contributed by atoms with Crippen molar-refractivity contribution in [3.8, 4) is 17.3 Å². The molecule has 1 saturated heterocycles. The quantitative estimate of drug-likeness (QED) is 0.387. The van der Waals surface area contributed by atoms with E-state index in [1.165, 1.54) is 11.5 Å². The summed E-state index contributed by atoms with van der Waals surface area (Å²) >= 11 is 1.35. The van der Waals surface area contributed by atoms with E-state index >= 15 is 0 Å². The predicted octanol–water partition coefficient (Wildman–Crippen LogP) is 5.48. The van der Waals surface area contributed by atoms with E-state index in [-0.39, 0.29) is 17.8 Å². The predicted molar refractivity (Wildman–Crippen MR) is 135 cm³/mol. The molecule has 1 aliphatic heterocycles. The van der Waals surface area contributed by atoms with Crippen LogP contribution in [0.15, 0.2) is 35.2 Å². The first-order valence-corrected chi connectivity index (χ1v) is 12.5. The minimum Gasteiger partial charge on any atom is -0.453 e. The van der Waals surface area contributed by atoms with Crippen molar-refractivity contribution in [1.29, 1.82) is 5.26 Å². The number of carbonyl (C=O) groups excluding carboxylic acids is 1. The number of piperidine rings is 1. The van der Waals surface area contributed by atoms with Crippen molar-refractivity contribution >= 4 is 34.1 Å². The Balaban J connectivity index is 1.54. The van der Waals surface area contributed by atoms with Crippen molar-refractivity contribution in [1.82, 2.24) is 23.6 Å². The molecule has 1 aliphatic rings. The van der Waals surface area contributed by atoms with Crippen LogP contribution in [-0.4, -0.2) is 48.4 Å². The monoisotopic (exact) mass is 505 g/mol. The van der Waals surface area contributed by atoms with Crippen LogP contribution in [0.25, 0.3) is 16.9 Å². The molecule has 0 saturated carbocycles. The van der Waals surface area contributed by atoms with Crippen molar-refractivity contribution in [2.45, 2.75) is 52.1 Å². The maximum atomic E-state index is 12.8. The maximum Gasteiger partial charge on any atom is 0.410 e. The molecule has 1 unspecified atom stereocenters. The Morgan fingerprint density at radius 2 is 2.19 bits per heavy atom. The van der Waals surface area contributed by atoms with Gasteiger partial charge in [-0.1, -0.05) is 0 Å². The summed E-state index contributed by atoms with van der Waals surface area (Å²) in [6.07, 6.45) is 6.69. The average molecular weight is 506 g/mol. The van der Waals surface area contributed by atoms with Crippen molar-refractivity contribution < 1.29 is 13.9 Å². The lowest BCUT2D eigenvalue weighted by atomic mass is 9.95. The number of carbonyl (C=O) groups is 1. The SMILES string of the molecule is Cc1cc(Nc2nc(C3CCCN(C(=O)OC(C)(C)C)C3)cn3c(-c4coc(C#N)c4)cnc23)sn1. The lowest BCUT2D eigenvalue weighted by Crippen LogP contribution is -2.42. The summed E-state index contributed by atoms with van der Waals surface area (Å²) in [5.74, 6) is 0.850. The second kappa shape index (κ2) is 9.28. The van der Waals surface area contributed by atoms with Crippen LogP contribution in [0.1, 0.15) is 56.7 Å². The molecule has 1 N–H and O–H groups in total. The Morgan fingerprint density at radius 1 is 1.36 bits per heavy atom. The normalized spacial score (nSPS) is 16.2. The van der Waals surface area contributed by atoms with E-state index in [9.17, 15) is 10.1 Å². The molecule has 4 aromatic rings. The second-order valence-corrected chi connectivity index (χ2v) is 10.7. The molecule has 0 bridgehead atoms. The number of hydrogen-bond donors (Lipinski definition) is 1. The van der Waals surface area contributed by atoms with Gasteiger partial charge in [0.15, 0.2) is 11.5 Å². The van der Waals surface area contributed by atoms with Crippen molar-refractivity contribution in [2.75, 3.05) is 18.4 Å². The van der Waals surface area contributed by atoms with E-state index in [4.69, 9.17) is 14.1 Å². The highest BCUT2D eigenvalue weighted by atomic mass is 32.1. The van der Waals surface area contributed by atoms with Gasteiger partial charge >= 0.3 is 6.09 Å². The summed E-state index contributed by atoms with van der Waals surface area (Å²) in [4.78, 5) is 24.1. The summed E-state index contributed by atoms with van der Waals surface area (Å²) in [5.41, 5.74) is 3.37. The van der Waals surface area contributed by atoms with Crippen molar-refractivity contribution in [2.24, 2.45) is 0 Å². The molecule has 0 aliphatic carbocycles. The van der Waals surface area contributed by atoms with Gasteiger partial charge in [-0.15, -0.1) is 0 Å². The summed E-state index contributed by atoms with van der Waals surface area (Å²) in [5, 5.41) is 13.4. The molecule has 36 heavy (non-hydrogen) atoms. The highest BCUT2D eigenvalue weighted by Crippen LogP contribution is 2.33. The Hall–Kier alpha value is -3.91. The molecular formula is C25H27N7O3S. The largest absolute Gasteiger partial charge is 0.453 e. The topological polar surface area (TPSA) is 122 Å². The van der Waals surface area contributed by atoms with Gasteiger partial charge in [-0.2, -0.15) is 9.64 Å². The first-order valence-electron chi connectivity index (χ1n) is 11.8. The van der Waals surface area contributed by atoms with Crippen LogP contribution in [0.2, 0.25) is 0 Å². The molecule has 11 heteroatoms. The third-order valence-electron chi connectivity index (χ3n) is 5.88. The number of nitrogens with one attached hydrogen (secondary N) is 1. The highest BCUT2D eigenvalue weighted by molar-refractivity contribution is 7.10. The Kier molecular flexibility index (Phi) is 6.14. The standard InChI is InChI=1S/C25H27N7O3S/c1-15-8-21(36-30-15)29-22-23-27-11-20(17-9-18(10-26)34-14-17)32(23)13-19(28-22)16-6-5-7-31(12-16)24(33)35-25(2,3)4/h8-9,11,13-14,16H,5-7,12H2,1-4H3,(H,28,29). The number of aryl methyl sites for hydroxylation is 1. The number of nitrogens with zero attached hydrogens (tertiary/aromatic N) is 6. The zero-order valence-electron chi connectivity index (χ0n) is 20.6. The van der Waals surface area contributed by atoms with Gasteiger partial charge < -0.3 is 19.4 Å². The number of hydrogen-bond acceptors (Lipinski definition) is 9. The van der Waals surface area contributed by atoms with Gasteiger partial charge in [0.25, 0.3) is 0 Å². The molecule has 1 amide bonds. The van der Waals surface area contributed by atoms with Crippen molar-refractivity contribution in [3.63, 3.8) is 0 Å². The summed E-state index contributed by atoms with van der Waals surface area (Å²) in [6, 6.07) is 5.67. The Labute approximate surface area is 212 Å². The minimum atomic E-state index is -0.552. The van der Waals surface area contributed by atoms with Gasteiger partial charge in [-0.25, -0.2) is 14.8 Å².